The molecular formula is C10H9NO2. The minimum Gasteiger partial charge on any atom is -0.508 e. The van der Waals surface area contributed by atoms with E-state index in [4.69, 9.17) is 15.1 Å². The molecule has 0 aliphatic rings. The summed E-state index contributed by atoms with van der Waals surface area (Å²) in [5, 5.41) is 17.4. The van der Waals surface area contributed by atoms with Crippen LogP contribution >= 0.6 is 0 Å². The number of nitrogens with zero attached hydrogens (tertiary/aromatic N) is 1. The van der Waals surface area contributed by atoms with Gasteiger partial charge in [-0.1, -0.05) is 0 Å². The second-order valence-electron chi connectivity index (χ2n) is 2.39. The van der Waals surface area contributed by atoms with Crippen molar-refractivity contribution in [2.75, 3.05) is 7.11 Å². The number of aromatic hydroxyl groups is 1. The van der Waals surface area contributed by atoms with E-state index in [1.165, 1.54) is 19.3 Å². The molecule has 0 saturated carbocycles. The lowest BCUT2D eigenvalue weighted by Crippen LogP contribution is -1.85. The monoisotopic (exact) mass is 175 g/mol. The minimum atomic E-state index is 0.144. The van der Waals surface area contributed by atoms with Crippen molar-refractivity contribution < 1.29 is 9.84 Å². The predicted octanol–water partition coefficient (Wildman–Crippen LogP) is 1.94. The first-order chi connectivity index (χ1) is 6.27. The van der Waals surface area contributed by atoms with E-state index in [1.807, 2.05) is 6.07 Å². The van der Waals surface area contributed by atoms with E-state index in [9.17, 15) is 0 Å². The normalized spacial score (nSPS) is 9.85. The highest BCUT2D eigenvalue weighted by molar-refractivity contribution is 5.60. The van der Waals surface area contributed by atoms with Crippen LogP contribution in [-0.4, -0.2) is 12.2 Å². The second kappa shape index (κ2) is 4.17. The van der Waals surface area contributed by atoms with E-state index >= 15 is 0 Å². The summed E-state index contributed by atoms with van der Waals surface area (Å²) in [6, 6.07) is 6.60. The van der Waals surface area contributed by atoms with Crippen molar-refractivity contribution in [3.05, 3.63) is 29.8 Å². The van der Waals surface area contributed by atoms with Crippen molar-refractivity contribution >= 4 is 6.08 Å². The molecule has 0 aromatic heterocycles. The Morgan fingerprint density at radius 1 is 1.54 bits per heavy atom. The van der Waals surface area contributed by atoms with Crippen LogP contribution in [0.1, 0.15) is 5.56 Å². The van der Waals surface area contributed by atoms with Crippen LogP contribution in [0.5, 0.6) is 11.5 Å². The van der Waals surface area contributed by atoms with Gasteiger partial charge in [0.2, 0.25) is 0 Å². The van der Waals surface area contributed by atoms with Crippen LogP contribution in [0.15, 0.2) is 24.3 Å². The molecule has 66 valence electrons. The average Bonchev–Trinajstić information content (AvgIpc) is 2.16. The van der Waals surface area contributed by atoms with Crippen LogP contribution in [0.2, 0.25) is 0 Å². The number of nitriles is 1. The van der Waals surface area contributed by atoms with E-state index in [0.717, 1.165) is 5.56 Å². The number of benzene rings is 1. The lowest BCUT2D eigenvalue weighted by atomic mass is 10.2. The van der Waals surface area contributed by atoms with Crippen LogP contribution in [0.4, 0.5) is 0 Å². The first-order valence-corrected chi connectivity index (χ1v) is 3.71. The quantitative estimate of drug-likeness (QED) is 0.699. The Morgan fingerprint density at radius 2 is 2.31 bits per heavy atom. The summed E-state index contributed by atoms with van der Waals surface area (Å²) in [4.78, 5) is 0. The topological polar surface area (TPSA) is 53.2 Å². The molecular weight excluding hydrogens is 166 g/mol. The average molecular weight is 175 g/mol. The minimum absolute atomic E-state index is 0.144. The molecule has 1 N–H and O–H groups in total. The molecule has 3 heteroatoms. The van der Waals surface area contributed by atoms with E-state index in [1.54, 1.807) is 18.2 Å². The molecule has 0 aliphatic carbocycles. The molecule has 3 nitrogen and oxygen atoms in total. The Balaban J connectivity index is 3.07. The Labute approximate surface area is 76.5 Å². The fourth-order valence-electron chi connectivity index (χ4n) is 0.965. The van der Waals surface area contributed by atoms with Gasteiger partial charge in [-0.05, 0) is 18.2 Å². The van der Waals surface area contributed by atoms with Crippen LogP contribution in [0, 0.1) is 11.3 Å². The molecule has 0 radical (unpaired) electrons. The number of phenols is 1. The van der Waals surface area contributed by atoms with Crippen molar-refractivity contribution in [1.29, 1.82) is 5.26 Å². The molecule has 0 bridgehead atoms. The molecule has 0 fully saturated rings. The van der Waals surface area contributed by atoms with E-state index in [0.29, 0.717) is 5.75 Å². The first kappa shape index (κ1) is 9.14. The van der Waals surface area contributed by atoms with E-state index in [2.05, 4.69) is 0 Å². The Kier molecular flexibility index (Phi) is 2.93. The molecule has 0 saturated heterocycles. The first-order valence-electron chi connectivity index (χ1n) is 3.71. The third-order valence-corrected chi connectivity index (χ3v) is 1.55. The molecule has 0 unspecified atom stereocenters. The molecule has 0 amide bonds. The Hall–Kier alpha value is -1.95. The molecule has 0 aliphatic heterocycles. The highest BCUT2D eigenvalue weighted by atomic mass is 16.5. The fourth-order valence-corrected chi connectivity index (χ4v) is 0.965. The van der Waals surface area contributed by atoms with Gasteiger partial charge < -0.3 is 9.84 Å². The SMILES string of the molecule is COc1cc(O)ccc1C=CC#N. The van der Waals surface area contributed by atoms with Gasteiger partial charge in [0.1, 0.15) is 11.5 Å². The maximum absolute atomic E-state index is 9.12. The lowest BCUT2D eigenvalue weighted by molar-refractivity contribution is 0.407. The largest absolute Gasteiger partial charge is 0.508 e. The van der Waals surface area contributed by atoms with Gasteiger partial charge in [0.25, 0.3) is 0 Å². The van der Waals surface area contributed by atoms with Gasteiger partial charge in [-0.3, -0.25) is 0 Å². The summed E-state index contributed by atoms with van der Waals surface area (Å²) in [7, 11) is 1.51. The third-order valence-electron chi connectivity index (χ3n) is 1.55. The molecule has 1 aromatic rings. The lowest BCUT2D eigenvalue weighted by Gasteiger charge is -2.03. The summed E-state index contributed by atoms with van der Waals surface area (Å²) in [5.41, 5.74) is 0.766. The zero-order valence-electron chi connectivity index (χ0n) is 7.19. The summed E-state index contributed by atoms with van der Waals surface area (Å²) in [5.74, 6) is 0.692. The van der Waals surface area contributed by atoms with Gasteiger partial charge >= 0.3 is 0 Å². The molecule has 0 heterocycles. The zero-order chi connectivity index (χ0) is 9.68. The summed E-state index contributed by atoms with van der Waals surface area (Å²) in [6.45, 7) is 0. The zero-order valence-corrected chi connectivity index (χ0v) is 7.19. The van der Waals surface area contributed by atoms with Crippen molar-refractivity contribution in [3.8, 4) is 17.6 Å². The van der Waals surface area contributed by atoms with Crippen LogP contribution in [0.25, 0.3) is 6.08 Å². The fraction of sp³-hybridized carbons (Fsp3) is 0.100. The maximum Gasteiger partial charge on any atom is 0.129 e. The smallest absolute Gasteiger partial charge is 0.129 e. The third kappa shape index (κ3) is 2.24. The molecule has 13 heavy (non-hydrogen) atoms. The Morgan fingerprint density at radius 3 is 2.92 bits per heavy atom. The molecule has 0 spiro atoms. The van der Waals surface area contributed by atoms with Gasteiger partial charge in [0.15, 0.2) is 0 Å². The number of hydrogen-bond acceptors (Lipinski definition) is 3. The summed E-state index contributed by atoms with van der Waals surface area (Å²) in [6.07, 6.45) is 2.98. The molecule has 1 rings (SSSR count). The highest BCUT2D eigenvalue weighted by Crippen LogP contribution is 2.24. The molecule has 1 aromatic carbocycles. The number of ether oxygens (including phenoxy) is 1. The molecule has 0 atom stereocenters. The number of rotatable bonds is 2. The Bertz CT molecular complexity index is 364. The van der Waals surface area contributed by atoms with Gasteiger partial charge in [0.05, 0.1) is 13.2 Å². The summed E-state index contributed by atoms with van der Waals surface area (Å²) < 4.78 is 5.00. The van der Waals surface area contributed by atoms with Crippen LogP contribution < -0.4 is 4.74 Å². The van der Waals surface area contributed by atoms with Crippen molar-refractivity contribution in [2.24, 2.45) is 0 Å². The van der Waals surface area contributed by atoms with E-state index < -0.39 is 0 Å². The predicted molar refractivity (Wildman–Crippen MR) is 49.3 cm³/mol. The highest BCUT2D eigenvalue weighted by Gasteiger charge is 1.99. The van der Waals surface area contributed by atoms with Crippen molar-refractivity contribution in [1.82, 2.24) is 0 Å². The van der Waals surface area contributed by atoms with Crippen LogP contribution in [-0.2, 0) is 0 Å². The standard InChI is InChI=1S/C10H9NO2/c1-13-10-7-9(12)5-4-8(10)3-2-6-11/h2-5,7,12H,1H3. The number of allylic oxidation sites excluding steroid dienone is 1. The van der Waals surface area contributed by atoms with Crippen LogP contribution in [0.3, 0.4) is 0 Å². The van der Waals surface area contributed by atoms with Gasteiger partial charge in [-0.2, -0.15) is 5.26 Å². The van der Waals surface area contributed by atoms with Gasteiger partial charge in [-0.25, -0.2) is 0 Å². The van der Waals surface area contributed by atoms with Gasteiger partial charge in [0, 0.05) is 17.7 Å². The summed E-state index contributed by atoms with van der Waals surface area (Å²) >= 11 is 0. The number of methoxy groups -OCH3 is 1. The van der Waals surface area contributed by atoms with E-state index in [-0.39, 0.29) is 5.75 Å². The van der Waals surface area contributed by atoms with Crippen molar-refractivity contribution in [3.63, 3.8) is 0 Å². The number of phenolic OH excluding ortho intramolecular Hbond substituents is 1. The maximum atomic E-state index is 9.12. The van der Waals surface area contributed by atoms with Crippen molar-refractivity contribution in [2.45, 2.75) is 0 Å². The second-order valence-corrected chi connectivity index (χ2v) is 2.39. The number of hydrogen-bond donors (Lipinski definition) is 1. The van der Waals surface area contributed by atoms with Gasteiger partial charge in [-0.15, -0.1) is 0 Å².